The summed E-state index contributed by atoms with van der Waals surface area (Å²) in [7, 11) is 0. The molecule has 0 aliphatic heterocycles. The van der Waals surface area contributed by atoms with Crippen LogP contribution in [0.25, 0.3) is 33.6 Å². The summed E-state index contributed by atoms with van der Waals surface area (Å²) in [5.74, 6) is 0. The summed E-state index contributed by atoms with van der Waals surface area (Å²) in [6.07, 6.45) is 0. The van der Waals surface area contributed by atoms with Crippen LogP contribution in [0, 0.1) is 0 Å². The van der Waals surface area contributed by atoms with E-state index in [-0.39, 0.29) is 0 Å². The summed E-state index contributed by atoms with van der Waals surface area (Å²) in [6.45, 7) is 4.50. The minimum absolute atomic E-state index is 0.347. The Morgan fingerprint density at radius 2 is 0.852 bits per heavy atom. The first-order valence-electron chi connectivity index (χ1n) is 9.50. The Balaban J connectivity index is 2.05. The van der Waals surface area contributed by atoms with Crippen molar-refractivity contribution >= 4 is 0 Å². The Bertz CT molecular complexity index is 959. The van der Waals surface area contributed by atoms with E-state index in [1.54, 1.807) is 0 Å². The number of aromatic nitrogens is 1. The van der Waals surface area contributed by atoms with Crippen LogP contribution in [-0.4, -0.2) is 0 Å². The standard InChI is InChI=1S/C26H24N/c1-20(2)27-25(22-14-8-4-9-15-22)18-24(21-12-6-3-7-13-21)19-26(27)23-16-10-5-11-17-23/h3-20H,1-2H3/q+1. The normalized spacial score (nSPS) is 10.9. The molecular formula is C26H24N+. The molecule has 4 aromatic rings. The summed E-state index contributed by atoms with van der Waals surface area (Å²) in [5, 5.41) is 0. The Labute approximate surface area is 161 Å². The zero-order valence-corrected chi connectivity index (χ0v) is 15.8. The minimum atomic E-state index is 0.347. The molecule has 0 saturated heterocycles. The maximum atomic E-state index is 2.44. The zero-order valence-electron chi connectivity index (χ0n) is 15.8. The molecule has 0 aliphatic carbocycles. The number of rotatable bonds is 4. The van der Waals surface area contributed by atoms with Crippen LogP contribution in [0.1, 0.15) is 19.9 Å². The van der Waals surface area contributed by atoms with Gasteiger partial charge in [0.1, 0.15) is 0 Å². The number of hydrogen-bond acceptors (Lipinski definition) is 0. The van der Waals surface area contributed by atoms with E-state index in [0.717, 1.165) is 0 Å². The van der Waals surface area contributed by atoms with Gasteiger partial charge >= 0.3 is 0 Å². The number of benzene rings is 3. The van der Waals surface area contributed by atoms with Crippen molar-refractivity contribution in [1.29, 1.82) is 0 Å². The van der Waals surface area contributed by atoms with E-state index in [2.05, 4.69) is 122 Å². The van der Waals surface area contributed by atoms with Crippen molar-refractivity contribution < 1.29 is 4.57 Å². The van der Waals surface area contributed by atoms with Crippen LogP contribution in [0.15, 0.2) is 103 Å². The van der Waals surface area contributed by atoms with Crippen molar-refractivity contribution in [3.8, 4) is 33.6 Å². The maximum absolute atomic E-state index is 2.44. The molecule has 3 aromatic carbocycles. The quantitative estimate of drug-likeness (QED) is 0.367. The molecule has 0 unspecified atom stereocenters. The van der Waals surface area contributed by atoms with Gasteiger partial charge in [-0.1, -0.05) is 66.7 Å². The predicted molar refractivity (Wildman–Crippen MR) is 113 cm³/mol. The van der Waals surface area contributed by atoms with Crippen LogP contribution in [0.3, 0.4) is 0 Å². The van der Waals surface area contributed by atoms with Crippen molar-refractivity contribution in [2.24, 2.45) is 0 Å². The monoisotopic (exact) mass is 350 g/mol. The van der Waals surface area contributed by atoms with Crippen molar-refractivity contribution in [2.45, 2.75) is 19.9 Å². The molecule has 27 heavy (non-hydrogen) atoms. The van der Waals surface area contributed by atoms with Gasteiger partial charge in [-0.15, -0.1) is 0 Å². The largest absolute Gasteiger partial charge is 0.213 e. The first-order chi connectivity index (χ1) is 13.2. The van der Waals surface area contributed by atoms with Crippen molar-refractivity contribution in [3.05, 3.63) is 103 Å². The van der Waals surface area contributed by atoms with Gasteiger partial charge in [-0.3, -0.25) is 0 Å². The fraction of sp³-hybridized carbons (Fsp3) is 0.115. The lowest BCUT2D eigenvalue weighted by molar-refractivity contribution is -0.695. The summed E-state index contributed by atoms with van der Waals surface area (Å²) < 4.78 is 2.44. The fourth-order valence-corrected chi connectivity index (χ4v) is 3.62. The van der Waals surface area contributed by atoms with Crippen LogP contribution in [0.2, 0.25) is 0 Å². The molecule has 0 radical (unpaired) electrons. The maximum Gasteiger partial charge on any atom is 0.213 e. The predicted octanol–water partition coefficient (Wildman–Crippen LogP) is 6.56. The summed E-state index contributed by atoms with van der Waals surface area (Å²) >= 11 is 0. The topological polar surface area (TPSA) is 3.88 Å². The van der Waals surface area contributed by atoms with Gasteiger partial charge in [-0.25, -0.2) is 0 Å². The summed E-state index contributed by atoms with van der Waals surface area (Å²) in [5.41, 5.74) is 7.44. The smallest absolute Gasteiger partial charge is 0.189 e. The second-order valence-electron chi connectivity index (χ2n) is 7.08. The lowest BCUT2D eigenvalue weighted by Crippen LogP contribution is -2.41. The molecular weight excluding hydrogens is 326 g/mol. The first-order valence-corrected chi connectivity index (χ1v) is 9.50. The number of hydrogen-bond donors (Lipinski definition) is 0. The average Bonchev–Trinajstić information content (AvgIpc) is 2.74. The van der Waals surface area contributed by atoms with Gasteiger partial charge in [0.2, 0.25) is 11.4 Å². The van der Waals surface area contributed by atoms with Crippen LogP contribution in [0.5, 0.6) is 0 Å². The van der Waals surface area contributed by atoms with E-state index < -0.39 is 0 Å². The van der Waals surface area contributed by atoms with Crippen molar-refractivity contribution in [3.63, 3.8) is 0 Å². The van der Waals surface area contributed by atoms with Gasteiger partial charge < -0.3 is 0 Å². The highest BCUT2D eigenvalue weighted by atomic mass is 15.0. The fourth-order valence-electron chi connectivity index (χ4n) is 3.62. The Hall–Kier alpha value is -3.19. The van der Waals surface area contributed by atoms with Crippen LogP contribution in [-0.2, 0) is 0 Å². The lowest BCUT2D eigenvalue weighted by atomic mass is 9.98. The third-order valence-corrected chi connectivity index (χ3v) is 4.87. The molecule has 0 bridgehead atoms. The molecule has 0 aliphatic rings. The number of pyridine rings is 1. The Kier molecular flexibility index (Phi) is 4.84. The second-order valence-corrected chi connectivity index (χ2v) is 7.08. The average molecular weight is 350 g/mol. The molecule has 132 valence electrons. The Morgan fingerprint density at radius 1 is 0.481 bits per heavy atom. The summed E-state index contributed by atoms with van der Waals surface area (Å²) in [6, 6.07) is 37.0. The third kappa shape index (κ3) is 3.54. The SMILES string of the molecule is CC(C)[n+]1c(-c2ccccc2)cc(-c2ccccc2)cc1-c1ccccc1. The molecule has 0 fully saturated rings. The van der Waals surface area contributed by atoms with E-state index >= 15 is 0 Å². The highest BCUT2D eigenvalue weighted by Gasteiger charge is 2.24. The van der Waals surface area contributed by atoms with Gasteiger partial charge in [0.15, 0.2) is 6.04 Å². The highest BCUT2D eigenvalue weighted by Crippen LogP contribution is 2.30. The van der Waals surface area contributed by atoms with E-state index in [9.17, 15) is 0 Å². The highest BCUT2D eigenvalue weighted by molar-refractivity contribution is 5.73. The molecule has 1 aromatic heterocycles. The van der Waals surface area contributed by atoms with Gasteiger partial charge in [0.05, 0.1) is 0 Å². The summed E-state index contributed by atoms with van der Waals surface area (Å²) in [4.78, 5) is 0. The Morgan fingerprint density at radius 3 is 1.22 bits per heavy atom. The molecule has 1 heteroatoms. The molecule has 0 spiro atoms. The molecule has 1 nitrogen and oxygen atoms in total. The van der Waals surface area contributed by atoms with E-state index in [1.165, 1.54) is 33.6 Å². The molecule has 1 heterocycles. The van der Waals surface area contributed by atoms with Gasteiger partial charge in [-0.05, 0) is 49.2 Å². The minimum Gasteiger partial charge on any atom is -0.189 e. The van der Waals surface area contributed by atoms with E-state index in [1.807, 2.05) is 0 Å². The van der Waals surface area contributed by atoms with Crippen molar-refractivity contribution in [2.75, 3.05) is 0 Å². The van der Waals surface area contributed by atoms with Crippen molar-refractivity contribution in [1.82, 2.24) is 0 Å². The van der Waals surface area contributed by atoms with Crippen LogP contribution >= 0.6 is 0 Å². The van der Waals surface area contributed by atoms with Crippen LogP contribution < -0.4 is 4.57 Å². The number of nitrogens with zero attached hydrogens (tertiary/aromatic N) is 1. The van der Waals surface area contributed by atoms with Crippen LogP contribution in [0.4, 0.5) is 0 Å². The second kappa shape index (κ2) is 7.59. The van der Waals surface area contributed by atoms with Gasteiger partial charge in [0.25, 0.3) is 0 Å². The van der Waals surface area contributed by atoms with E-state index in [0.29, 0.717) is 6.04 Å². The van der Waals surface area contributed by atoms with E-state index in [4.69, 9.17) is 0 Å². The zero-order chi connectivity index (χ0) is 18.6. The molecule has 0 amide bonds. The molecule has 0 saturated carbocycles. The van der Waals surface area contributed by atoms with Gasteiger partial charge in [0, 0.05) is 23.3 Å². The third-order valence-electron chi connectivity index (χ3n) is 4.87. The molecule has 0 N–H and O–H groups in total. The first kappa shape index (κ1) is 17.2. The lowest BCUT2D eigenvalue weighted by Gasteiger charge is -2.15. The van der Waals surface area contributed by atoms with Gasteiger partial charge in [-0.2, -0.15) is 4.57 Å². The molecule has 4 rings (SSSR count). The molecule has 0 atom stereocenters.